The van der Waals surface area contributed by atoms with Crippen molar-refractivity contribution in [1.82, 2.24) is 15.1 Å². The summed E-state index contributed by atoms with van der Waals surface area (Å²) in [5.41, 5.74) is 0. The monoisotopic (exact) mass is 299 g/mol. The number of amides is 3. The number of carboxylic acid groups (broad SMARTS) is 1. The first-order valence-corrected chi connectivity index (χ1v) is 6.81. The molecule has 0 unspecified atom stereocenters. The average molecular weight is 299 g/mol. The maximum absolute atomic E-state index is 12.0. The molecule has 118 valence electrons. The van der Waals surface area contributed by atoms with Crippen LogP contribution in [0.2, 0.25) is 0 Å². The molecule has 1 rings (SSSR count). The van der Waals surface area contributed by atoms with Gasteiger partial charge in [0, 0.05) is 46.6 Å². The molecule has 1 aliphatic heterocycles. The fraction of sp³-hybridized carbons (Fsp3) is 0.692. The van der Waals surface area contributed by atoms with Crippen molar-refractivity contribution in [1.29, 1.82) is 0 Å². The Hall–Kier alpha value is -2.12. The highest BCUT2D eigenvalue weighted by Gasteiger charge is 2.30. The minimum absolute atomic E-state index is 0.101. The van der Waals surface area contributed by atoms with E-state index < -0.39 is 11.9 Å². The summed E-state index contributed by atoms with van der Waals surface area (Å²) in [6.45, 7) is 2.54. The molecule has 0 aliphatic carbocycles. The summed E-state index contributed by atoms with van der Waals surface area (Å²) in [5, 5.41) is 11.1. The SMILES string of the molecule is CNC(=O)[C@@H]1CN(C(C)=O)CCN(C(=O)CCC(=O)O)C1. The van der Waals surface area contributed by atoms with Crippen molar-refractivity contribution in [2.24, 2.45) is 5.92 Å². The molecule has 1 aliphatic rings. The highest BCUT2D eigenvalue weighted by molar-refractivity contribution is 5.83. The second-order valence-electron chi connectivity index (χ2n) is 5.01. The fourth-order valence-electron chi connectivity index (χ4n) is 2.27. The third-order valence-corrected chi connectivity index (χ3v) is 3.49. The van der Waals surface area contributed by atoms with E-state index in [-0.39, 0.29) is 43.7 Å². The lowest BCUT2D eigenvalue weighted by Crippen LogP contribution is -2.42. The molecular formula is C13H21N3O5. The Kier molecular flexibility index (Phi) is 6.13. The van der Waals surface area contributed by atoms with Gasteiger partial charge in [-0.2, -0.15) is 0 Å². The first-order valence-electron chi connectivity index (χ1n) is 6.81. The van der Waals surface area contributed by atoms with Gasteiger partial charge in [0.25, 0.3) is 0 Å². The Morgan fingerprint density at radius 1 is 1.10 bits per heavy atom. The van der Waals surface area contributed by atoms with Crippen LogP contribution in [-0.4, -0.2) is 71.8 Å². The summed E-state index contributed by atoms with van der Waals surface area (Å²) in [7, 11) is 1.50. The van der Waals surface area contributed by atoms with Gasteiger partial charge in [0.1, 0.15) is 0 Å². The normalized spacial score (nSPS) is 18.9. The molecule has 2 N–H and O–H groups in total. The van der Waals surface area contributed by atoms with Crippen LogP contribution in [0.3, 0.4) is 0 Å². The van der Waals surface area contributed by atoms with Crippen LogP contribution in [0.25, 0.3) is 0 Å². The van der Waals surface area contributed by atoms with Crippen LogP contribution in [0.1, 0.15) is 19.8 Å². The number of carboxylic acids is 1. The summed E-state index contributed by atoms with van der Waals surface area (Å²) in [5.74, 6) is -2.24. The van der Waals surface area contributed by atoms with Crippen molar-refractivity contribution >= 4 is 23.7 Å². The lowest BCUT2D eigenvalue weighted by molar-refractivity contribution is -0.141. The van der Waals surface area contributed by atoms with Crippen molar-refractivity contribution in [3.05, 3.63) is 0 Å². The second-order valence-corrected chi connectivity index (χ2v) is 5.01. The molecule has 0 spiro atoms. The molecule has 8 nitrogen and oxygen atoms in total. The van der Waals surface area contributed by atoms with Crippen LogP contribution in [0.4, 0.5) is 0 Å². The summed E-state index contributed by atoms with van der Waals surface area (Å²) in [6.07, 6.45) is -0.341. The van der Waals surface area contributed by atoms with Gasteiger partial charge in [0.2, 0.25) is 17.7 Å². The highest BCUT2D eigenvalue weighted by atomic mass is 16.4. The van der Waals surface area contributed by atoms with Crippen molar-refractivity contribution < 1.29 is 24.3 Å². The Morgan fingerprint density at radius 3 is 2.19 bits per heavy atom. The first kappa shape index (κ1) is 16.9. The molecule has 0 bridgehead atoms. The van der Waals surface area contributed by atoms with Crippen molar-refractivity contribution in [3.8, 4) is 0 Å². The van der Waals surface area contributed by atoms with Gasteiger partial charge < -0.3 is 20.2 Å². The van der Waals surface area contributed by atoms with E-state index in [0.29, 0.717) is 13.1 Å². The van der Waals surface area contributed by atoms with E-state index in [1.54, 1.807) is 0 Å². The molecule has 8 heteroatoms. The van der Waals surface area contributed by atoms with Gasteiger partial charge in [-0.05, 0) is 0 Å². The van der Waals surface area contributed by atoms with Crippen LogP contribution in [0.5, 0.6) is 0 Å². The number of nitrogens with one attached hydrogen (secondary N) is 1. The Bertz CT molecular complexity index is 438. The van der Waals surface area contributed by atoms with E-state index in [9.17, 15) is 19.2 Å². The summed E-state index contributed by atoms with van der Waals surface area (Å²) in [4.78, 5) is 48.9. The fourth-order valence-corrected chi connectivity index (χ4v) is 2.27. The average Bonchev–Trinajstić information content (AvgIpc) is 2.66. The number of aliphatic carboxylic acids is 1. The Labute approximate surface area is 123 Å². The maximum Gasteiger partial charge on any atom is 0.303 e. The topological polar surface area (TPSA) is 107 Å². The molecule has 0 saturated carbocycles. The zero-order valence-electron chi connectivity index (χ0n) is 12.3. The minimum atomic E-state index is -1.04. The summed E-state index contributed by atoms with van der Waals surface area (Å²) in [6, 6.07) is 0. The molecule has 21 heavy (non-hydrogen) atoms. The van der Waals surface area contributed by atoms with Gasteiger partial charge in [-0.1, -0.05) is 0 Å². The molecule has 0 aromatic rings. The zero-order chi connectivity index (χ0) is 16.0. The molecular weight excluding hydrogens is 278 g/mol. The summed E-state index contributed by atoms with van der Waals surface area (Å²) >= 11 is 0. The molecule has 0 aromatic carbocycles. The van der Waals surface area contributed by atoms with Gasteiger partial charge >= 0.3 is 5.97 Å². The number of hydrogen-bond donors (Lipinski definition) is 2. The van der Waals surface area contributed by atoms with E-state index in [4.69, 9.17) is 5.11 Å². The third kappa shape index (κ3) is 5.05. The number of carbonyl (C=O) groups excluding carboxylic acids is 3. The predicted octanol–water partition coefficient (Wildman–Crippen LogP) is -1.10. The van der Waals surface area contributed by atoms with Crippen LogP contribution in [-0.2, 0) is 19.2 Å². The largest absolute Gasteiger partial charge is 0.481 e. The Balaban J connectivity index is 2.77. The predicted molar refractivity (Wildman–Crippen MR) is 73.3 cm³/mol. The smallest absolute Gasteiger partial charge is 0.303 e. The van der Waals surface area contributed by atoms with E-state index in [0.717, 1.165) is 0 Å². The Morgan fingerprint density at radius 2 is 1.67 bits per heavy atom. The second kappa shape index (κ2) is 7.61. The summed E-state index contributed by atoms with van der Waals surface area (Å²) < 4.78 is 0. The molecule has 3 amide bonds. The zero-order valence-corrected chi connectivity index (χ0v) is 12.3. The molecule has 1 saturated heterocycles. The number of nitrogens with zero attached hydrogens (tertiary/aromatic N) is 2. The molecule has 1 heterocycles. The van der Waals surface area contributed by atoms with E-state index in [1.165, 1.54) is 23.8 Å². The quantitative estimate of drug-likeness (QED) is 0.685. The van der Waals surface area contributed by atoms with E-state index >= 15 is 0 Å². The van der Waals surface area contributed by atoms with Gasteiger partial charge in [-0.3, -0.25) is 19.2 Å². The maximum atomic E-state index is 12.0. The lowest BCUT2D eigenvalue weighted by atomic mass is 10.1. The van der Waals surface area contributed by atoms with E-state index in [1.807, 2.05) is 0 Å². The molecule has 1 atom stereocenters. The van der Waals surface area contributed by atoms with Crippen LogP contribution in [0, 0.1) is 5.92 Å². The van der Waals surface area contributed by atoms with Gasteiger partial charge in [0.05, 0.1) is 12.3 Å². The van der Waals surface area contributed by atoms with Crippen molar-refractivity contribution in [2.45, 2.75) is 19.8 Å². The standard InChI is InChI=1S/C13H21N3O5/c1-9(17)15-5-6-16(11(18)3-4-12(19)20)8-10(7-15)13(21)14-2/h10H,3-8H2,1-2H3,(H,14,21)(H,19,20)/t10-/m1/s1. The number of rotatable bonds is 4. The molecule has 0 aromatic heterocycles. The van der Waals surface area contributed by atoms with Gasteiger partial charge in [-0.15, -0.1) is 0 Å². The molecule has 0 radical (unpaired) electrons. The molecule has 1 fully saturated rings. The first-order chi connectivity index (χ1) is 9.85. The van der Waals surface area contributed by atoms with Crippen LogP contribution in [0.15, 0.2) is 0 Å². The van der Waals surface area contributed by atoms with Gasteiger partial charge in [-0.25, -0.2) is 0 Å². The number of hydrogen-bond acceptors (Lipinski definition) is 4. The highest BCUT2D eigenvalue weighted by Crippen LogP contribution is 2.12. The third-order valence-electron chi connectivity index (χ3n) is 3.49. The van der Waals surface area contributed by atoms with E-state index in [2.05, 4.69) is 5.32 Å². The minimum Gasteiger partial charge on any atom is -0.481 e. The van der Waals surface area contributed by atoms with Crippen molar-refractivity contribution in [3.63, 3.8) is 0 Å². The lowest BCUT2D eigenvalue weighted by Gasteiger charge is -2.23. The van der Waals surface area contributed by atoms with Crippen LogP contribution >= 0.6 is 0 Å². The van der Waals surface area contributed by atoms with Gasteiger partial charge in [0.15, 0.2) is 0 Å². The van der Waals surface area contributed by atoms with Crippen molar-refractivity contribution in [2.75, 3.05) is 33.2 Å². The number of carbonyl (C=O) groups is 4. The van der Waals surface area contributed by atoms with Crippen LogP contribution < -0.4 is 5.32 Å².